The van der Waals surface area contributed by atoms with Crippen molar-refractivity contribution in [3.05, 3.63) is 29.3 Å². The monoisotopic (exact) mass is 289 g/mol. The van der Waals surface area contributed by atoms with Gasteiger partial charge in [0.2, 0.25) is 0 Å². The van der Waals surface area contributed by atoms with Crippen molar-refractivity contribution in [1.29, 1.82) is 0 Å². The average molecular weight is 289 g/mol. The van der Waals surface area contributed by atoms with Gasteiger partial charge in [-0.15, -0.1) is 0 Å². The fraction of sp³-hybridized carbons (Fsp3) is 0.684. The van der Waals surface area contributed by atoms with Gasteiger partial charge in [-0.25, -0.2) is 0 Å². The molecule has 1 atom stereocenters. The minimum atomic E-state index is 0.0250. The molecule has 1 unspecified atom stereocenters. The maximum Gasteiger partial charge on any atom is 0.124 e. The van der Waals surface area contributed by atoms with E-state index in [0.717, 1.165) is 31.6 Å². The number of hydrogen-bond donors (Lipinski definition) is 1. The van der Waals surface area contributed by atoms with Gasteiger partial charge < -0.3 is 10.1 Å². The Morgan fingerprint density at radius 1 is 1.14 bits per heavy atom. The fourth-order valence-corrected chi connectivity index (χ4v) is 3.63. The van der Waals surface area contributed by atoms with Gasteiger partial charge in [0.1, 0.15) is 11.4 Å². The Hall–Kier alpha value is -1.02. The first-order valence-electron chi connectivity index (χ1n) is 8.67. The first-order valence-corrected chi connectivity index (χ1v) is 8.67. The predicted molar refractivity (Wildman–Crippen MR) is 90.0 cm³/mol. The zero-order valence-corrected chi connectivity index (χ0v) is 14.2. The van der Waals surface area contributed by atoms with Crippen LogP contribution in [0.1, 0.15) is 76.5 Å². The Balaban J connectivity index is 2.32. The average Bonchev–Trinajstić information content (AvgIpc) is 2.46. The lowest BCUT2D eigenvalue weighted by Gasteiger charge is -2.43. The summed E-state index contributed by atoms with van der Waals surface area (Å²) in [5.41, 5.74) is 2.70. The van der Waals surface area contributed by atoms with Crippen molar-refractivity contribution in [3.8, 4) is 5.75 Å². The van der Waals surface area contributed by atoms with E-state index in [1.807, 2.05) is 0 Å². The number of aryl methyl sites for hydroxylation is 1. The molecular formula is C19H31NO. The van der Waals surface area contributed by atoms with Gasteiger partial charge in [0.15, 0.2) is 0 Å². The normalized spacial score (nSPS) is 19.9. The van der Waals surface area contributed by atoms with Crippen LogP contribution in [0.4, 0.5) is 0 Å². The highest BCUT2D eigenvalue weighted by molar-refractivity contribution is 5.41. The lowest BCUT2D eigenvalue weighted by atomic mass is 9.81. The van der Waals surface area contributed by atoms with Crippen molar-refractivity contribution in [2.24, 2.45) is 0 Å². The Kier molecular flexibility index (Phi) is 5.69. The number of fused-ring (bicyclic) bond motifs is 1. The number of benzene rings is 1. The van der Waals surface area contributed by atoms with E-state index in [-0.39, 0.29) is 5.60 Å². The molecule has 1 aliphatic rings. The third-order valence-electron chi connectivity index (χ3n) is 4.50. The lowest BCUT2D eigenvalue weighted by Crippen LogP contribution is -2.44. The molecule has 0 bridgehead atoms. The van der Waals surface area contributed by atoms with Gasteiger partial charge in [-0.3, -0.25) is 0 Å². The number of ether oxygens (including phenoxy) is 1. The second kappa shape index (κ2) is 7.31. The summed E-state index contributed by atoms with van der Waals surface area (Å²) in [5.74, 6) is 1.10. The molecule has 2 nitrogen and oxygen atoms in total. The predicted octanol–water partition coefficient (Wildman–Crippen LogP) is 5.16. The maximum atomic E-state index is 6.53. The molecule has 0 saturated carbocycles. The standard InChI is InChI=1S/C19H31NO/c1-5-10-19(11-6-2)14-17(20-12-7-3)16-13-15(4)8-9-18(16)21-19/h8-9,13,17,20H,5-7,10-12,14H2,1-4H3. The molecular weight excluding hydrogens is 258 g/mol. The molecule has 1 heterocycles. The summed E-state index contributed by atoms with van der Waals surface area (Å²) in [6.45, 7) is 10.00. The topological polar surface area (TPSA) is 21.3 Å². The van der Waals surface area contributed by atoms with Crippen LogP contribution in [-0.2, 0) is 0 Å². The third kappa shape index (κ3) is 3.79. The SMILES string of the molecule is CCCNC1CC(CCC)(CCC)Oc2ccc(C)cc21. The second-order valence-electron chi connectivity index (χ2n) is 6.54. The van der Waals surface area contributed by atoms with Crippen molar-refractivity contribution in [2.45, 2.75) is 77.9 Å². The Morgan fingerprint density at radius 2 is 1.86 bits per heavy atom. The van der Waals surface area contributed by atoms with E-state index < -0.39 is 0 Å². The summed E-state index contributed by atoms with van der Waals surface area (Å²) in [6, 6.07) is 7.07. The second-order valence-corrected chi connectivity index (χ2v) is 6.54. The van der Waals surface area contributed by atoms with Crippen LogP contribution >= 0.6 is 0 Å². The van der Waals surface area contributed by atoms with Crippen LogP contribution in [0.3, 0.4) is 0 Å². The largest absolute Gasteiger partial charge is 0.487 e. The summed E-state index contributed by atoms with van der Waals surface area (Å²) in [7, 11) is 0. The summed E-state index contributed by atoms with van der Waals surface area (Å²) in [4.78, 5) is 0. The van der Waals surface area contributed by atoms with Gasteiger partial charge >= 0.3 is 0 Å². The van der Waals surface area contributed by atoms with Crippen molar-refractivity contribution >= 4 is 0 Å². The quantitative estimate of drug-likeness (QED) is 0.749. The van der Waals surface area contributed by atoms with Gasteiger partial charge in [0.25, 0.3) is 0 Å². The van der Waals surface area contributed by atoms with Crippen LogP contribution in [0.15, 0.2) is 18.2 Å². The van der Waals surface area contributed by atoms with E-state index in [9.17, 15) is 0 Å². The zero-order chi connectivity index (χ0) is 15.3. The number of hydrogen-bond acceptors (Lipinski definition) is 2. The molecule has 2 heteroatoms. The summed E-state index contributed by atoms with van der Waals surface area (Å²) >= 11 is 0. The van der Waals surface area contributed by atoms with Crippen LogP contribution in [-0.4, -0.2) is 12.1 Å². The highest BCUT2D eigenvalue weighted by Gasteiger charge is 2.39. The molecule has 0 fully saturated rings. The molecule has 1 N–H and O–H groups in total. The van der Waals surface area contributed by atoms with Crippen LogP contribution in [0.2, 0.25) is 0 Å². The van der Waals surface area contributed by atoms with Crippen LogP contribution in [0, 0.1) is 6.92 Å². The summed E-state index contributed by atoms with van der Waals surface area (Å²) < 4.78 is 6.53. The van der Waals surface area contributed by atoms with Crippen molar-refractivity contribution in [3.63, 3.8) is 0 Å². The van der Waals surface area contributed by atoms with E-state index in [1.165, 1.54) is 30.4 Å². The van der Waals surface area contributed by atoms with E-state index in [4.69, 9.17) is 4.74 Å². The first kappa shape index (κ1) is 16.4. The molecule has 21 heavy (non-hydrogen) atoms. The van der Waals surface area contributed by atoms with Gasteiger partial charge in [-0.05, 0) is 38.8 Å². The van der Waals surface area contributed by atoms with Crippen LogP contribution in [0.25, 0.3) is 0 Å². The molecule has 0 radical (unpaired) electrons. The zero-order valence-electron chi connectivity index (χ0n) is 14.2. The Bertz CT molecular complexity index is 449. The molecule has 0 saturated heterocycles. The highest BCUT2D eigenvalue weighted by atomic mass is 16.5. The molecule has 1 aliphatic heterocycles. The molecule has 0 spiro atoms. The van der Waals surface area contributed by atoms with Gasteiger partial charge in [-0.1, -0.05) is 51.3 Å². The van der Waals surface area contributed by atoms with Crippen molar-refractivity contribution < 1.29 is 4.74 Å². The van der Waals surface area contributed by atoms with E-state index in [2.05, 4.69) is 51.2 Å². The van der Waals surface area contributed by atoms with Gasteiger partial charge in [0, 0.05) is 18.0 Å². The van der Waals surface area contributed by atoms with Crippen LogP contribution < -0.4 is 10.1 Å². The van der Waals surface area contributed by atoms with E-state index >= 15 is 0 Å². The van der Waals surface area contributed by atoms with Crippen molar-refractivity contribution in [1.82, 2.24) is 5.32 Å². The number of nitrogens with one attached hydrogen (secondary N) is 1. The minimum absolute atomic E-state index is 0.0250. The van der Waals surface area contributed by atoms with Crippen molar-refractivity contribution in [2.75, 3.05) is 6.54 Å². The van der Waals surface area contributed by atoms with E-state index in [1.54, 1.807) is 0 Å². The van der Waals surface area contributed by atoms with Crippen LogP contribution in [0.5, 0.6) is 5.75 Å². The molecule has 1 aromatic carbocycles. The third-order valence-corrected chi connectivity index (χ3v) is 4.50. The first-order chi connectivity index (χ1) is 10.1. The summed E-state index contributed by atoms with van der Waals surface area (Å²) in [5, 5.41) is 3.75. The van der Waals surface area contributed by atoms with Gasteiger partial charge in [0.05, 0.1) is 0 Å². The molecule has 0 amide bonds. The minimum Gasteiger partial charge on any atom is -0.487 e. The smallest absolute Gasteiger partial charge is 0.124 e. The Labute approximate surface area is 130 Å². The van der Waals surface area contributed by atoms with E-state index in [0.29, 0.717) is 6.04 Å². The maximum absolute atomic E-state index is 6.53. The fourth-order valence-electron chi connectivity index (χ4n) is 3.63. The number of rotatable bonds is 7. The molecule has 0 aliphatic carbocycles. The molecule has 0 aromatic heterocycles. The lowest BCUT2D eigenvalue weighted by molar-refractivity contribution is 0.0129. The molecule has 1 aromatic rings. The molecule has 118 valence electrons. The molecule has 2 rings (SSSR count). The Morgan fingerprint density at radius 3 is 2.48 bits per heavy atom. The van der Waals surface area contributed by atoms with Gasteiger partial charge in [-0.2, -0.15) is 0 Å². The highest BCUT2D eigenvalue weighted by Crippen LogP contribution is 2.44. The summed E-state index contributed by atoms with van der Waals surface area (Å²) in [6.07, 6.45) is 6.94.